The van der Waals surface area contributed by atoms with Crippen LogP contribution < -0.4 is 0 Å². The van der Waals surface area contributed by atoms with Crippen LogP contribution in [0.2, 0.25) is 0 Å². The van der Waals surface area contributed by atoms with Crippen molar-refractivity contribution in [1.29, 1.82) is 0 Å². The lowest BCUT2D eigenvalue weighted by Crippen LogP contribution is -2.31. The van der Waals surface area contributed by atoms with Gasteiger partial charge < -0.3 is 10.2 Å². The number of rotatable bonds is 0. The first-order valence-electron chi connectivity index (χ1n) is 5.13. The quantitative estimate of drug-likeness (QED) is 0.561. The monoisotopic (exact) mass is 168 g/mol. The minimum absolute atomic E-state index is 0.0402. The lowest BCUT2D eigenvalue weighted by molar-refractivity contribution is 0.0296. The zero-order valence-corrected chi connectivity index (χ0v) is 7.19. The SMILES string of the molecule is OC1CCC2C1[C@H]1CC(O)[C@@H]2C1. The highest BCUT2D eigenvalue weighted by Crippen LogP contribution is 2.58. The van der Waals surface area contributed by atoms with Crippen molar-refractivity contribution in [3.8, 4) is 0 Å². The maximum absolute atomic E-state index is 9.73. The van der Waals surface area contributed by atoms with Gasteiger partial charge in [0.2, 0.25) is 0 Å². The van der Waals surface area contributed by atoms with E-state index in [4.69, 9.17) is 0 Å². The molecule has 3 saturated carbocycles. The van der Waals surface area contributed by atoms with Crippen molar-refractivity contribution in [2.24, 2.45) is 23.7 Å². The van der Waals surface area contributed by atoms with E-state index in [2.05, 4.69) is 0 Å². The highest BCUT2D eigenvalue weighted by atomic mass is 16.3. The zero-order chi connectivity index (χ0) is 8.29. The topological polar surface area (TPSA) is 40.5 Å². The van der Waals surface area contributed by atoms with Gasteiger partial charge in [0.1, 0.15) is 0 Å². The predicted molar refractivity (Wildman–Crippen MR) is 44.4 cm³/mol. The van der Waals surface area contributed by atoms with E-state index in [1.54, 1.807) is 0 Å². The average molecular weight is 168 g/mol. The molecule has 0 heterocycles. The van der Waals surface area contributed by atoms with Gasteiger partial charge in [0.25, 0.3) is 0 Å². The molecule has 3 rings (SSSR count). The first-order chi connectivity index (χ1) is 5.77. The summed E-state index contributed by atoms with van der Waals surface area (Å²) < 4.78 is 0. The van der Waals surface area contributed by atoms with Crippen molar-refractivity contribution in [2.45, 2.75) is 37.9 Å². The molecular formula is C10H16O2. The van der Waals surface area contributed by atoms with E-state index in [1.807, 2.05) is 0 Å². The molecule has 6 atom stereocenters. The van der Waals surface area contributed by atoms with Gasteiger partial charge in [-0.1, -0.05) is 0 Å². The molecule has 3 aliphatic carbocycles. The number of fused-ring (bicyclic) bond motifs is 5. The summed E-state index contributed by atoms with van der Waals surface area (Å²) in [4.78, 5) is 0. The minimum atomic E-state index is -0.0440. The van der Waals surface area contributed by atoms with Gasteiger partial charge in [0.15, 0.2) is 0 Å². The van der Waals surface area contributed by atoms with Gasteiger partial charge in [-0.2, -0.15) is 0 Å². The first-order valence-corrected chi connectivity index (χ1v) is 5.13. The number of aliphatic hydroxyl groups is 2. The highest BCUT2D eigenvalue weighted by Gasteiger charge is 2.56. The molecule has 0 spiro atoms. The fourth-order valence-electron chi connectivity index (χ4n) is 4.06. The summed E-state index contributed by atoms with van der Waals surface area (Å²) in [5.74, 6) is 2.40. The van der Waals surface area contributed by atoms with E-state index in [1.165, 1.54) is 6.42 Å². The summed E-state index contributed by atoms with van der Waals surface area (Å²) >= 11 is 0. The molecular weight excluding hydrogens is 152 g/mol. The molecule has 68 valence electrons. The van der Waals surface area contributed by atoms with Gasteiger partial charge >= 0.3 is 0 Å². The largest absolute Gasteiger partial charge is 0.393 e. The smallest absolute Gasteiger partial charge is 0.0574 e. The molecule has 2 nitrogen and oxygen atoms in total. The van der Waals surface area contributed by atoms with Crippen molar-refractivity contribution < 1.29 is 10.2 Å². The molecule has 0 aromatic heterocycles. The Bertz CT molecular complexity index is 204. The molecule has 0 aromatic carbocycles. The minimum Gasteiger partial charge on any atom is -0.393 e. The van der Waals surface area contributed by atoms with Crippen LogP contribution in [-0.2, 0) is 0 Å². The van der Waals surface area contributed by atoms with Gasteiger partial charge in [0.05, 0.1) is 12.2 Å². The predicted octanol–water partition coefficient (Wildman–Crippen LogP) is 0.774. The van der Waals surface area contributed by atoms with E-state index in [9.17, 15) is 10.2 Å². The fraction of sp³-hybridized carbons (Fsp3) is 1.00. The van der Waals surface area contributed by atoms with Crippen LogP contribution in [0, 0.1) is 23.7 Å². The van der Waals surface area contributed by atoms with Crippen LogP contribution in [0.4, 0.5) is 0 Å². The molecule has 2 heteroatoms. The van der Waals surface area contributed by atoms with E-state index < -0.39 is 0 Å². The normalized spacial score (nSPS) is 62.5. The second-order valence-corrected chi connectivity index (χ2v) is 4.85. The Hall–Kier alpha value is -0.0800. The Morgan fingerprint density at radius 2 is 1.67 bits per heavy atom. The summed E-state index contributed by atoms with van der Waals surface area (Å²) in [6.07, 6.45) is 4.20. The van der Waals surface area contributed by atoms with Crippen molar-refractivity contribution in [1.82, 2.24) is 0 Å². The molecule has 0 aromatic rings. The Balaban J connectivity index is 1.89. The standard InChI is InChI=1S/C10H16O2/c11-8-2-1-6-7-3-5(10(6)8)4-9(7)12/h5-12H,1-4H2/t5-,6?,7-,8?,9?,10?/m1/s1. The van der Waals surface area contributed by atoms with Gasteiger partial charge in [-0.3, -0.25) is 0 Å². The van der Waals surface area contributed by atoms with Crippen LogP contribution in [-0.4, -0.2) is 22.4 Å². The molecule has 12 heavy (non-hydrogen) atoms. The summed E-state index contributed by atoms with van der Waals surface area (Å²) in [6.45, 7) is 0. The van der Waals surface area contributed by atoms with Crippen molar-refractivity contribution in [2.75, 3.05) is 0 Å². The zero-order valence-electron chi connectivity index (χ0n) is 7.19. The summed E-state index contributed by atoms with van der Waals surface area (Å²) in [7, 11) is 0. The molecule has 0 radical (unpaired) electrons. The first kappa shape index (κ1) is 7.34. The van der Waals surface area contributed by atoms with E-state index in [-0.39, 0.29) is 12.2 Å². The molecule has 2 bridgehead atoms. The summed E-state index contributed by atoms with van der Waals surface area (Å²) in [6, 6.07) is 0. The Morgan fingerprint density at radius 1 is 0.833 bits per heavy atom. The maximum Gasteiger partial charge on any atom is 0.0574 e. The maximum atomic E-state index is 9.73. The van der Waals surface area contributed by atoms with E-state index in [0.29, 0.717) is 23.7 Å². The van der Waals surface area contributed by atoms with Crippen LogP contribution >= 0.6 is 0 Å². The molecule has 0 amide bonds. The third kappa shape index (κ3) is 0.728. The van der Waals surface area contributed by atoms with Gasteiger partial charge in [-0.05, 0) is 49.4 Å². The third-order valence-electron chi connectivity index (χ3n) is 4.44. The molecule has 0 saturated heterocycles. The van der Waals surface area contributed by atoms with E-state index >= 15 is 0 Å². The lowest BCUT2D eigenvalue weighted by atomic mass is 9.79. The van der Waals surface area contributed by atoms with Crippen LogP contribution in [0.1, 0.15) is 25.7 Å². The van der Waals surface area contributed by atoms with Crippen molar-refractivity contribution in [3.63, 3.8) is 0 Å². The molecule has 3 aliphatic rings. The Morgan fingerprint density at radius 3 is 2.50 bits per heavy atom. The van der Waals surface area contributed by atoms with Gasteiger partial charge in [0, 0.05) is 0 Å². The van der Waals surface area contributed by atoms with Gasteiger partial charge in [-0.15, -0.1) is 0 Å². The Labute approximate surface area is 72.6 Å². The van der Waals surface area contributed by atoms with Crippen LogP contribution in [0.5, 0.6) is 0 Å². The van der Waals surface area contributed by atoms with E-state index in [0.717, 1.165) is 19.3 Å². The third-order valence-corrected chi connectivity index (χ3v) is 4.44. The van der Waals surface area contributed by atoms with Crippen molar-refractivity contribution >= 4 is 0 Å². The average Bonchev–Trinajstić information content (AvgIpc) is 2.62. The van der Waals surface area contributed by atoms with Crippen molar-refractivity contribution in [3.05, 3.63) is 0 Å². The second kappa shape index (κ2) is 2.24. The Kier molecular flexibility index (Phi) is 1.37. The fourth-order valence-corrected chi connectivity index (χ4v) is 4.06. The summed E-state index contributed by atoms with van der Waals surface area (Å²) in [5.41, 5.74) is 0. The van der Waals surface area contributed by atoms with Gasteiger partial charge in [-0.25, -0.2) is 0 Å². The van der Waals surface area contributed by atoms with Crippen LogP contribution in [0.15, 0.2) is 0 Å². The van der Waals surface area contributed by atoms with Crippen LogP contribution in [0.25, 0.3) is 0 Å². The highest BCUT2D eigenvalue weighted by molar-refractivity contribution is 5.05. The number of aliphatic hydroxyl groups excluding tert-OH is 2. The number of hydrogen-bond acceptors (Lipinski definition) is 2. The second-order valence-electron chi connectivity index (χ2n) is 4.85. The molecule has 3 fully saturated rings. The van der Waals surface area contributed by atoms with Crippen LogP contribution in [0.3, 0.4) is 0 Å². The lowest BCUT2D eigenvalue weighted by Gasteiger charge is -2.29. The molecule has 0 aliphatic heterocycles. The molecule has 2 N–H and O–H groups in total. The number of hydrogen-bond donors (Lipinski definition) is 2. The summed E-state index contributed by atoms with van der Waals surface area (Å²) in [5, 5.41) is 19.4. The molecule has 4 unspecified atom stereocenters.